The number of nitrogens with two attached hydrogens (primary N) is 1. The maximum absolute atomic E-state index is 11.2. The van der Waals surface area contributed by atoms with Crippen molar-refractivity contribution in [3.63, 3.8) is 0 Å². The maximum Gasteiger partial charge on any atom is 0.221 e. The van der Waals surface area contributed by atoms with Crippen molar-refractivity contribution in [3.8, 4) is 11.5 Å². The summed E-state index contributed by atoms with van der Waals surface area (Å²) in [6, 6.07) is 12.8. The maximum atomic E-state index is 11.2. The number of nitrogens with one attached hydrogen (secondary N) is 1. The highest BCUT2D eigenvalue weighted by molar-refractivity contribution is 9.10. The molecule has 0 radical (unpaired) electrons. The number of hydrogen-bond acceptors (Lipinski definition) is 4. The summed E-state index contributed by atoms with van der Waals surface area (Å²) in [6.07, 6.45) is 1.70. The Kier molecular flexibility index (Phi) is 4.16. The number of anilines is 2. The summed E-state index contributed by atoms with van der Waals surface area (Å²) in [6.45, 7) is 1.43. The number of ether oxygens (including phenoxy) is 1. The molecular formula is C17H14BrN3O2. The van der Waals surface area contributed by atoms with E-state index in [0.29, 0.717) is 22.9 Å². The number of halogens is 1. The fourth-order valence-electron chi connectivity index (χ4n) is 2.25. The fraction of sp³-hybridized carbons (Fsp3) is 0.0588. The number of pyridine rings is 1. The van der Waals surface area contributed by atoms with Crippen LogP contribution in [0.1, 0.15) is 6.92 Å². The summed E-state index contributed by atoms with van der Waals surface area (Å²) in [5.41, 5.74) is 7.70. The number of carbonyl (C=O) groups excluding carboxylic acids is 1. The molecule has 0 bridgehead atoms. The number of carbonyl (C=O) groups is 1. The van der Waals surface area contributed by atoms with Gasteiger partial charge in [0, 0.05) is 23.0 Å². The molecule has 23 heavy (non-hydrogen) atoms. The van der Waals surface area contributed by atoms with Crippen molar-refractivity contribution in [3.05, 3.63) is 53.1 Å². The molecule has 0 saturated heterocycles. The van der Waals surface area contributed by atoms with E-state index in [4.69, 9.17) is 10.5 Å². The first-order chi connectivity index (χ1) is 11.1. The van der Waals surface area contributed by atoms with Gasteiger partial charge < -0.3 is 15.8 Å². The summed E-state index contributed by atoms with van der Waals surface area (Å²) in [5, 5.41) is 3.62. The minimum Gasteiger partial charge on any atom is -0.453 e. The van der Waals surface area contributed by atoms with Crippen LogP contribution in [0.5, 0.6) is 11.5 Å². The molecule has 1 heterocycles. The van der Waals surface area contributed by atoms with E-state index in [0.717, 1.165) is 15.4 Å². The van der Waals surface area contributed by atoms with Crippen LogP contribution in [0.4, 0.5) is 11.4 Å². The molecule has 0 fully saturated rings. The average Bonchev–Trinajstić information content (AvgIpc) is 2.52. The first kappa shape index (κ1) is 15.3. The molecule has 5 nitrogen and oxygen atoms in total. The number of nitrogens with zero attached hydrogens (tertiary/aromatic N) is 1. The predicted molar refractivity (Wildman–Crippen MR) is 94.7 cm³/mol. The lowest BCUT2D eigenvalue weighted by molar-refractivity contribution is -0.114. The molecule has 0 aliphatic carbocycles. The molecule has 0 saturated carbocycles. The third-order valence-corrected chi connectivity index (χ3v) is 3.97. The second-order valence-electron chi connectivity index (χ2n) is 4.95. The van der Waals surface area contributed by atoms with Gasteiger partial charge in [0.25, 0.3) is 0 Å². The molecule has 6 heteroatoms. The molecule has 3 rings (SSSR count). The number of fused-ring (bicyclic) bond motifs is 1. The molecule has 1 amide bonds. The van der Waals surface area contributed by atoms with Gasteiger partial charge in [-0.3, -0.25) is 9.78 Å². The van der Waals surface area contributed by atoms with E-state index in [2.05, 4.69) is 26.2 Å². The molecule has 1 aromatic heterocycles. The van der Waals surface area contributed by atoms with Gasteiger partial charge >= 0.3 is 0 Å². The Bertz CT molecular complexity index is 896. The minimum absolute atomic E-state index is 0.190. The SMILES string of the molecule is CC(=O)Nc1cccc(Oc2cccc3c(Br)ccnc23)c1N. The van der Waals surface area contributed by atoms with Crippen molar-refractivity contribution in [1.29, 1.82) is 0 Å². The molecule has 2 aromatic carbocycles. The zero-order valence-corrected chi connectivity index (χ0v) is 13.9. The van der Waals surface area contributed by atoms with E-state index in [9.17, 15) is 4.79 Å². The smallest absolute Gasteiger partial charge is 0.221 e. The molecule has 0 atom stereocenters. The summed E-state index contributed by atoms with van der Waals surface area (Å²) >= 11 is 3.50. The normalized spacial score (nSPS) is 10.5. The zero-order valence-electron chi connectivity index (χ0n) is 12.3. The van der Waals surface area contributed by atoms with Gasteiger partial charge in [-0.2, -0.15) is 0 Å². The van der Waals surface area contributed by atoms with Gasteiger partial charge in [-0.1, -0.05) is 34.1 Å². The summed E-state index contributed by atoms with van der Waals surface area (Å²) in [5.74, 6) is 0.866. The Balaban J connectivity index is 2.03. The van der Waals surface area contributed by atoms with Gasteiger partial charge in [0.15, 0.2) is 11.5 Å². The second kappa shape index (κ2) is 6.26. The van der Waals surface area contributed by atoms with Gasteiger partial charge in [0.05, 0.1) is 11.4 Å². The van der Waals surface area contributed by atoms with Crippen molar-refractivity contribution in [1.82, 2.24) is 4.98 Å². The summed E-state index contributed by atoms with van der Waals surface area (Å²) in [7, 11) is 0. The number of rotatable bonds is 3. The van der Waals surface area contributed by atoms with Crippen molar-refractivity contribution in [2.75, 3.05) is 11.1 Å². The van der Waals surface area contributed by atoms with Gasteiger partial charge in [0.2, 0.25) is 5.91 Å². The number of aromatic nitrogens is 1. The molecular weight excluding hydrogens is 358 g/mol. The molecule has 3 aromatic rings. The Labute approximate surface area is 141 Å². The fourth-order valence-corrected chi connectivity index (χ4v) is 2.69. The zero-order chi connectivity index (χ0) is 16.4. The topological polar surface area (TPSA) is 77.2 Å². The van der Waals surface area contributed by atoms with Crippen LogP contribution in [-0.4, -0.2) is 10.9 Å². The highest BCUT2D eigenvalue weighted by atomic mass is 79.9. The summed E-state index contributed by atoms with van der Waals surface area (Å²) < 4.78 is 6.88. The van der Waals surface area contributed by atoms with E-state index in [1.807, 2.05) is 24.3 Å². The standard InChI is InChI=1S/C17H14BrN3O2/c1-10(22)21-13-5-3-6-14(16(13)19)23-15-7-2-4-11-12(18)8-9-20-17(11)15/h2-9H,19H2,1H3,(H,21,22). The molecule has 0 aliphatic heterocycles. The van der Waals surface area contributed by atoms with Crippen molar-refractivity contribution >= 4 is 44.1 Å². The number of hydrogen-bond donors (Lipinski definition) is 2. The average molecular weight is 372 g/mol. The van der Waals surface area contributed by atoms with Gasteiger partial charge in [-0.05, 0) is 24.3 Å². The van der Waals surface area contributed by atoms with Crippen LogP contribution in [0.15, 0.2) is 53.1 Å². The monoisotopic (exact) mass is 371 g/mol. The Morgan fingerprint density at radius 3 is 2.70 bits per heavy atom. The first-order valence-corrected chi connectivity index (χ1v) is 7.72. The first-order valence-electron chi connectivity index (χ1n) is 6.93. The Hall–Kier alpha value is -2.60. The molecule has 0 unspecified atom stereocenters. The molecule has 3 N–H and O–H groups in total. The highest BCUT2D eigenvalue weighted by Crippen LogP contribution is 2.36. The van der Waals surface area contributed by atoms with E-state index >= 15 is 0 Å². The van der Waals surface area contributed by atoms with Gasteiger partial charge in [-0.15, -0.1) is 0 Å². The Morgan fingerprint density at radius 2 is 1.91 bits per heavy atom. The van der Waals surface area contributed by atoms with E-state index in [-0.39, 0.29) is 5.91 Å². The lowest BCUT2D eigenvalue weighted by Crippen LogP contribution is -2.08. The third kappa shape index (κ3) is 3.12. The molecule has 0 aliphatic rings. The molecule has 0 spiro atoms. The van der Waals surface area contributed by atoms with Crippen LogP contribution < -0.4 is 15.8 Å². The van der Waals surface area contributed by atoms with Crippen LogP contribution in [0, 0.1) is 0 Å². The van der Waals surface area contributed by atoms with E-state index in [1.165, 1.54) is 6.92 Å². The van der Waals surface area contributed by atoms with Crippen LogP contribution in [0.2, 0.25) is 0 Å². The number of nitrogen functional groups attached to an aromatic ring is 1. The predicted octanol–water partition coefficient (Wildman–Crippen LogP) is 4.33. The highest BCUT2D eigenvalue weighted by Gasteiger charge is 2.11. The third-order valence-electron chi connectivity index (χ3n) is 3.28. The minimum atomic E-state index is -0.190. The second-order valence-corrected chi connectivity index (χ2v) is 5.80. The van der Waals surface area contributed by atoms with Crippen LogP contribution in [-0.2, 0) is 4.79 Å². The van der Waals surface area contributed by atoms with E-state index < -0.39 is 0 Å². The quantitative estimate of drug-likeness (QED) is 0.671. The van der Waals surface area contributed by atoms with Crippen LogP contribution >= 0.6 is 15.9 Å². The largest absolute Gasteiger partial charge is 0.453 e. The van der Waals surface area contributed by atoms with Crippen molar-refractivity contribution in [2.24, 2.45) is 0 Å². The summed E-state index contributed by atoms with van der Waals surface area (Å²) in [4.78, 5) is 15.6. The number of para-hydroxylation sites is 2. The van der Waals surface area contributed by atoms with Crippen LogP contribution in [0.25, 0.3) is 10.9 Å². The number of amides is 1. The Morgan fingerprint density at radius 1 is 1.17 bits per heavy atom. The lowest BCUT2D eigenvalue weighted by Gasteiger charge is -2.13. The van der Waals surface area contributed by atoms with Gasteiger partial charge in [-0.25, -0.2) is 0 Å². The number of benzene rings is 2. The van der Waals surface area contributed by atoms with E-state index in [1.54, 1.807) is 24.4 Å². The van der Waals surface area contributed by atoms with Crippen molar-refractivity contribution < 1.29 is 9.53 Å². The lowest BCUT2D eigenvalue weighted by atomic mass is 10.2. The van der Waals surface area contributed by atoms with Crippen LogP contribution in [0.3, 0.4) is 0 Å². The van der Waals surface area contributed by atoms with Gasteiger partial charge in [0.1, 0.15) is 5.52 Å². The molecule has 116 valence electrons. The van der Waals surface area contributed by atoms with Crippen molar-refractivity contribution in [2.45, 2.75) is 6.92 Å².